The van der Waals surface area contributed by atoms with Gasteiger partial charge >= 0.3 is 0 Å². The van der Waals surface area contributed by atoms with Crippen LogP contribution >= 0.6 is 10.7 Å². The summed E-state index contributed by atoms with van der Waals surface area (Å²) in [7, 11) is 1.11. The van der Waals surface area contributed by atoms with Crippen molar-refractivity contribution in [2.45, 2.75) is 11.4 Å². The van der Waals surface area contributed by atoms with Gasteiger partial charge in [0.1, 0.15) is 11.4 Å². The van der Waals surface area contributed by atoms with E-state index in [1.165, 1.54) is 0 Å². The summed E-state index contributed by atoms with van der Waals surface area (Å²) < 4.78 is 38.0. The maximum absolute atomic E-state index is 12.5. The van der Waals surface area contributed by atoms with Gasteiger partial charge in [0, 0.05) is 10.7 Å². The smallest absolute Gasteiger partial charge is 0.240 e. The summed E-state index contributed by atoms with van der Waals surface area (Å²) in [5.74, 6) is 0. The number of rotatable bonds is 1. The summed E-state index contributed by atoms with van der Waals surface area (Å²) in [5.41, 5.74) is 0. The van der Waals surface area contributed by atoms with E-state index in [2.05, 4.69) is 4.74 Å². The molecule has 2 atom stereocenters. The van der Waals surface area contributed by atoms with E-state index >= 15 is 0 Å². The van der Waals surface area contributed by atoms with Gasteiger partial charge in [0.2, 0.25) is 9.05 Å². The molecule has 6 heteroatoms. The van der Waals surface area contributed by atoms with E-state index in [1.54, 1.807) is 0 Å². The minimum absolute atomic E-state index is 0.132. The van der Waals surface area contributed by atoms with Gasteiger partial charge in [0.15, 0.2) is 0 Å². The predicted molar refractivity (Wildman–Crippen MR) is 34.3 cm³/mol. The molecule has 0 spiro atoms. The van der Waals surface area contributed by atoms with Crippen LogP contribution in [0, 0.1) is 0 Å². The van der Waals surface area contributed by atoms with Crippen LogP contribution in [0.5, 0.6) is 0 Å². The molecule has 1 aliphatic heterocycles. The van der Waals surface area contributed by atoms with Gasteiger partial charge in [0.25, 0.3) is 0 Å². The Morgan fingerprint density at radius 2 is 2.10 bits per heavy atom. The third-order valence-corrected chi connectivity index (χ3v) is 3.17. The number of hydrogen-bond donors (Lipinski definition) is 0. The van der Waals surface area contributed by atoms with Crippen molar-refractivity contribution in [1.82, 2.24) is 0 Å². The molecule has 1 saturated heterocycles. The van der Waals surface area contributed by atoms with E-state index in [0.717, 1.165) is 0 Å². The molecule has 1 fully saturated rings. The Morgan fingerprint density at radius 3 is 2.30 bits per heavy atom. The van der Waals surface area contributed by atoms with Crippen molar-refractivity contribution in [3.63, 3.8) is 0 Å². The zero-order valence-electron chi connectivity index (χ0n) is 4.96. The average molecular weight is 189 g/mol. The van der Waals surface area contributed by atoms with Gasteiger partial charge in [-0.2, -0.15) is 0 Å². The minimum Gasteiger partial charge on any atom is -0.377 e. The van der Waals surface area contributed by atoms with Gasteiger partial charge in [0.05, 0.1) is 13.2 Å². The summed E-state index contributed by atoms with van der Waals surface area (Å²) in [6.45, 7) is -0.302. The summed E-state index contributed by atoms with van der Waals surface area (Å²) in [6, 6.07) is 0. The van der Waals surface area contributed by atoms with Crippen LogP contribution < -0.4 is 0 Å². The summed E-state index contributed by atoms with van der Waals surface area (Å²) in [4.78, 5) is 0. The minimum atomic E-state index is -3.78. The molecule has 0 N–H and O–H groups in total. The molecular weight excluding hydrogens is 183 g/mol. The summed E-state index contributed by atoms with van der Waals surface area (Å²) >= 11 is 0. The standard InChI is InChI=1S/C4H6ClFO3S/c5-10(7,8)4-2-9-1-3(4)6/h3-4H,1-2H2/t3-,4+/m1/s1. The average Bonchev–Trinajstić information content (AvgIpc) is 2.11. The largest absolute Gasteiger partial charge is 0.377 e. The van der Waals surface area contributed by atoms with Crippen molar-refractivity contribution < 1.29 is 17.5 Å². The molecule has 1 aliphatic rings. The van der Waals surface area contributed by atoms with Crippen LogP contribution in [0.15, 0.2) is 0 Å². The molecule has 3 nitrogen and oxygen atoms in total. The third-order valence-electron chi connectivity index (χ3n) is 1.32. The van der Waals surface area contributed by atoms with E-state index in [1.807, 2.05) is 0 Å². The fourth-order valence-corrected chi connectivity index (χ4v) is 1.95. The highest BCUT2D eigenvalue weighted by Crippen LogP contribution is 2.20. The van der Waals surface area contributed by atoms with Gasteiger partial charge in [-0.1, -0.05) is 0 Å². The first kappa shape index (κ1) is 8.23. The highest BCUT2D eigenvalue weighted by molar-refractivity contribution is 8.14. The maximum Gasteiger partial charge on any atom is 0.240 e. The second-order valence-electron chi connectivity index (χ2n) is 2.07. The first-order valence-corrected chi connectivity index (χ1v) is 5.04. The molecule has 0 aromatic heterocycles. The highest BCUT2D eigenvalue weighted by Gasteiger charge is 2.37. The lowest BCUT2D eigenvalue weighted by Gasteiger charge is -2.03. The molecule has 0 aromatic rings. The fraction of sp³-hybridized carbons (Fsp3) is 1.00. The van der Waals surface area contributed by atoms with Crippen LogP contribution in [0.3, 0.4) is 0 Å². The lowest BCUT2D eigenvalue weighted by Crippen LogP contribution is -2.25. The Morgan fingerprint density at radius 1 is 1.50 bits per heavy atom. The zero-order chi connectivity index (χ0) is 7.78. The highest BCUT2D eigenvalue weighted by atomic mass is 35.7. The Labute approximate surface area is 62.5 Å². The third kappa shape index (κ3) is 1.59. The van der Waals surface area contributed by atoms with E-state index in [0.29, 0.717) is 0 Å². The lowest BCUT2D eigenvalue weighted by molar-refractivity contribution is 0.173. The molecule has 10 heavy (non-hydrogen) atoms. The van der Waals surface area contributed by atoms with Crippen LogP contribution in [0.1, 0.15) is 0 Å². The predicted octanol–water partition coefficient (Wildman–Crippen LogP) is 0.292. The molecule has 0 radical (unpaired) electrons. The SMILES string of the molecule is O=S(=O)(Cl)[C@H]1COC[C@H]1F. The molecular formula is C4H6ClFO3S. The number of ether oxygens (including phenoxy) is 1. The van der Waals surface area contributed by atoms with Crippen molar-refractivity contribution in [3.05, 3.63) is 0 Å². The van der Waals surface area contributed by atoms with Gasteiger partial charge in [-0.3, -0.25) is 0 Å². The normalized spacial score (nSPS) is 34.6. The first-order chi connectivity index (χ1) is 4.52. The van der Waals surface area contributed by atoms with E-state index < -0.39 is 20.5 Å². The number of hydrogen-bond acceptors (Lipinski definition) is 3. The summed E-state index contributed by atoms with van der Waals surface area (Å²) in [5, 5.41) is -1.17. The van der Waals surface area contributed by atoms with Crippen LogP contribution in [-0.4, -0.2) is 33.1 Å². The van der Waals surface area contributed by atoms with Crippen LogP contribution in [0.2, 0.25) is 0 Å². The number of alkyl halides is 1. The molecule has 1 rings (SSSR count). The second kappa shape index (κ2) is 2.64. The van der Waals surface area contributed by atoms with Crippen molar-refractivity contribution in [1.29, 1.82) is 0 Å². The van der Waals surface area contributed by atoms with Crippen molar-refractivity contribution in [2.75, 3.05) is 13.2 Å². The Hall–Kier alpha value is 0.130. The van der Waals surface area contributed by atoms with Crippen molar-refractivity contribution in [2.24, 2.45) is 0 Å². The van der Waals surface area contributed by atoms with Crippen LogP contribution in [0.4, 0.5) is 4.39 Å². The van der Waals surface area contributed by atoms with Crippen molar-refractivity contribution >= 4 is 19.7 Å². The molecule has 0 unspecified atom stereocenters. The molecule has 0 saturated carbocycles. The molecule has 0 bridgehead atoms. The lowest BCUT2D eigenvalue weighted by atomic mass is 10.3. The Kier molecular flexibility index (Phi) is 2.17. The van der Waals surface area contributed by atoms with Gasteiger partial charge < -0.3 is 4.74 Å². The Balaban J connectivity index is 2.74. The molecule has 0 aromatic carbocycles. The molecule has 1 heterocycles. The van der Waals surface area contributed by atoms with Crippen LogP contribution in [-0.2, 0) is 13.8 Å². The van der Waals surface area contributed by atoms with Gasteiger partial charge in [-0.15, -0.1) is 0 Å². The monoisotopic (exact) mass is 188 g/mol. The topological polar surface area (TPSA) is 43.4 Å². The summed E-state index contributed by atoms with van der Waals surface area (Å²) in [6.07, 6.45) is -1.47. The fourth-order valence-electron chi connectivity index (χ4n) is 0.766. The van der Waals surface area contributed by atoms with Crippen LogP contribution in [0.25, 0.3) is 0 Å². The second-order valence-corrected chi connectivity index (χ2v) is 4.91. The molecule has 60 valence electrons. The quantitative estimate of drug-likeness (QED) is 0.556. The van der Waals surface area contributed by atoms with E-state index in [4.69, 9.17) is 10.7 Å². The molecule has 0 aliphatic carbocycles. The molecule has 0 amide bonds. The van der Waals surface area contributed by atoms with E-state index in [-0.39, 0.29) is 13.2 Å². The maximum atomic E-state index is 12.5. The number of halogens is 2. The zero-order valence-corrected chi connectivity index (χ0v) is 6.53. The first-order valence-electron chi connectivity index (χ1n) is 2.67. The van der Waals surface area contributed by atoms with E-state index in [9.17, 15) is 12.8 Å². The van der Waals surface area contributed by atoms with Gasteiger partial charge in [-0.05, 0) is 0 Å². The Bertz CT molecular complexity index is 215. The van der Waals surface area contributed by atoms with Crippen molar-refractivity contribution in [3.8, 4) is 0 Å². The van der Waals surface area contributed by atoms with Gasteiger partial charge in [-0.25, -0.2) is 12.8 Å².